The van der Waals surface area contributed by atoms with Crippen molar-refractivity contribution in [2.75, 3.05) is 14.2 Å². The molecule has 0 spiro atoms. The summed E-state index contributed by atoms with van der Waals surface area (Å²) in [5.41, 5.74) is 6.74. The van der Waals surface area contributed by atoms with Crippen LogP contribution in [-0.4, -0.2) is 45.1 Å². The number of nitrogens with zero attached hydrogens (tertiary/aromatic N) is 6. The lowest BCUT2D eigenvalue weighted by Gasteiger charge is -2.10. The molecule has 0 saturated heterocycles. The smallest absolute Gasteiger partial charge is 0.263 e. The number of hydrogen-bond acceptors (Lipinski definition) is 8. The van der Waals surface area contributed by atoms with Crippen molar-refractivity contribution in [3.63, 3.8) is 0 Å². The summed E-state index contributed by atoms with van der Waals surface area (Å²) in [7, 11) is 3.16. The standard InChI is InChI=1S/2C22H15N3O2/c1-27-19-6-2-4-16(11-19)22(26)25-20-8-7-15(13-23)10-18(20)12-21(25)17-5-3-9-24-14-17;1-27-19-7-5-16(6-8-19)22(26)25-20-9-4-15(13-23)11-18(20)12-21(25)17-3-2-10-24-14-17/h2*2-12,14H,1H3. The van der Waals surface area contributed by atoms with E-state index in [4.69, 9.17) is 9.47 Å². The Morgan fingerprint density at radius 3 is 1.54 bits per heavy atom. The normalized spacial score (nSPS) is 10.5. The fourth-order valence-electron chi connectivity index (χ4n) is 6.21. The third-order valence-electron chi connectivity index (χ3n) is 8.84. The van der Waals surface area contributed by atoms with Gasteiger partial charge in [-0.3, -0.25) is 28.7 Å². The number of rotatable bonds is 6. The van der Waals surface area contributed by atoms with Gasteiger partial charge in [-0.15, -0.1) is 0 Å². The number of fused-ring (bicyclic) bond motifs is 2. The highest BCUT2D eigenvalue weighted by molar-refractivity contribution is 6.07. The van der Waals surface area contributed by atoms with Crippen molar-refractivity contribution in [3.8, 4) is 46.2 Å². The average molecular weight is 707 g/mol. The third-order valence-corrected chi connectivity index (χ3v) is 8.84. The minimum absolute atomic E-state index is 0.156. The molecular formula is C44H30N6O4. The Bertz CT molecular complexity index is 2740. The molecule has 0 atom stereocenters. The molecule has 0 bridgehead atoms. The molecule has 0 N–H and O–H groups in total. The summed E-state index contributed by atoms with van der Waals surface area (Å²) in [5.74, 6) is 0.978. The van der Waals surface area contributed by atoms with E-state index >= 15 is 0 Å². The van der Waals surface area contributed by atoms with E-state index in [1.54, 1.807) is 133 Å². The van der Waals surface area contributed by atoms with Crippen molar-refractivity contribution >= 4 is 33.6 Å². The van der Waals surface area contributed by atoms with Gasteiger partial charge >= 0.3 is 0 Å². The molecule has 0 aliphatic heterocycles. The molecule has 10 nitrogen and oxygen atoms in total. The minimum Gasteiger partial charge on any atom is -0.497 e. The van der Waals surface area contributed by atoms with Gasteiger partial charge in [0.1, 0.15) is 11.5 Å². The quantitative estimate of drug-likeness (QED) is 0.168. The van der Waals surface area contributed by atoms with E-state index in [-0.39, 0.29) is 11.8 Å². The van der Waals surface area contributed by atoms with Crippen LogP contribution in [-0.2, 0) is 0 Å². The first-order chi connectivity index (χ1) is 26.4. The van der Waals surface area contributed by atoms with Gasteiger partial charge in [-0.2, -0.15) is 10.5 Å². The SMILES string of the molecule is COc1ccc(C(=O)n2c(-c3cccnc3)cc3cc(C#N)ccc32)cc1.COc1cccc(C(=O)n2c(-c3cccnc3)cc3cc(C#N)ccc32)c1. The Labute approximate surface area is 310 Å². The predicted octanol–water partition coefficient (Wildman–Crippen LogP) is 8.54. The lowest BCUT2D eigenvalue weighted by Crippen LogP contribution is -2.13. The van der Waals surface area contributed by atoms with Gasteiger partial charge in [0.2, 0.25) is 0 Å². The third kappa shape index (κ3) is 6.79. The summed E-state index contributed by atoms with van der Waals surface area (Å²) < 4.78 is 13.7. The van der Waals surface area contributed by atoms with E-state index in [2.05, 4.69) is 22.1 Å². The number of ether oxygens (including phenoxy) is 2. The molecule has 0 fully saturated rings. The van der Waals surface area contributed by atoms with E-state index in [0.717, 1.165) is 44.3 Å². The lowest BCUT2D eigenvalue weighted by atomic mass is 10.1. The molecule has 4 heterocycles. The first-order valence-electron chi connectivity index (χ1n) is 16.7. The molecule has 8 aromatic rings. The van der Waals surface area contributed by atoms with Crippen LogP contribution in [0.3, 0.4) is 0 Å². The van der Waals surface area contributed by atoms with Crippen LogP contribution in [0.15, 0.2) is 146 Å². The van der Waals surface area contributed by atoms with Crippen LogP contribution in [0.25, 0.3) is 44.3 Å². The largest absolute Gasteiger partial charge is 0.497 e. The number of pyridine rings is 2. The van der Waals surface area contributed by atoms with Gasteiger partial charge in [0, 0.05) is 57.8 Å². The number of methoxy groups -OCH3 is 2. The Balaban J connectivity index is 0.000000167. The number of aromatic nitrogens is 4. The molecule has 0 aliphatic carbocycles. The zero-order chi connectivity index (χ0) is 37.6. The van der Waals surface area contributed by atoms with E-state index in [1.165, 1.54) is 0 Å². The van der Waals surface area contributed by atoms with Gasteiger partial charge in [-0.25, -0.2) is 0 Å². The molecule has 0 aliphatic rings. The molecule has 0 radical (unpaired) electrons. The summed E-state index contributed by atoms with van der Waals surface area (Å²) in [5, 5.41) is 20.0. The molecular weight excluding hydrogens is 677 g/mol. The van der Waals surface area contributed by atoms with Gasteiger partial charge < -0.3 is 9.47 Å². The number of carbonyl (C=O) groups excluding carboxylic acids is 2. The van der Waals surface area contributed by atoms with Crippen LogP contribution in [0, 0.1) is 22.7 Å². The molecule has 260 valence electrons. The van der Waals surface area contributed by atoms with Crippen LogP contribution >= 0.6 is 0 Å². The van der Waals surface area contributed by atoms with Gasteiger partial charge in [-0.05, 0) is 115 Å². The maximum Gasteiger partial charge on any atom is 0.263 e. The van der Waals surface area contributed by atoms with Crippen LogP contribution in [0.5, 0.6) is 11.5 Å². The number of carbonyl (C=O) groups is 2. The van der Waals surface area contributed by atoms with Gasteiger partial charge in [-0.1, -0.05) is 6.07 Å². The molecule has 10 heteroatoms. The minimum atomic E-state index is -0.174. The second-order valence-electron chi connectivity index (χ2n) is 12.1. The van der Waals surface area contributed by atoms with Gasteiger partial charge in [0.25, 0.3) is 11.8 Å². The van der Waals surface area contributed by atoms with Crippen molar-refractivity contribution in [2.24, 2.45) is 0 Å². The van der Waals surface area contributed by atoms with Crippen molar-refractivity contribution in [3.05, 3.63) is 168 Å². The Kier molecular flexibility index (Phi) is 9.74. The second kappa shape index (κ2) is 15.2. The molecule has 4 aromatic carbocycles. The first kappa shape index (κ1) is 34.6. The molecule has 54 heavy (non-hydrogen) atoms. The number of nitriles is 2. The second-order valence-corrected chi connectivity index (χ2v) is 12.1. The van der Waals surface area contributed by atoms with E-state index in [1.807, 2.05) is 36.4 Å². The van der Waals surface area contributed by atoms with Crippen molar-refractivity contribution in [1.29, 1.82) is 10.5 Å². The molecule has 8 rings (SSSR count). The maximum absolute atomic E-state index is 13.4. The molecule has 0 amide bonds. The summed E-state index contributed by atoms with van der Waals surface area (Å²) in [4.78, 5) is 35.0. The first-order valence-corrected chi connectivity index (χ1v) is 16.7. The van der Waals surface area contributed by atoms with Crippen molar-refractivity contribution in [1.82, 2.24) is 19.1 Å². The fourth-order valence-corrected chi connectivity index (χ4v) is 6.21. The van der Waals surface area contributed by atoms with Crippen LogP contribution in [0.1, 0.15) is 31.8 Å². The number of benzene rings is 4. The zero-order valence-corrected chi connectivity index (χ0v) is 29.2. The van der Waals surface area contributed by atoms with E-state index in [0.29, 0.717) is 33.8 Å². The van der Waals surface area contributed by atoms with E-state index < -0.39 is 0 Å². The lowest BCUT2D eigenvalue weighted by molar-refractivity contribution is 0.0958. The summed E-state index contributed by atoms with van der Waals surface area (Å²) in [6.07, 6.45) is 6.82. The highest BCUT2D eigenvalue weighted by Gasteiger charge is 2.20. The number of hydrogen-bond donors (Lipinski definition) is 0. The molecule has 0 unspecified atom stereocenters. The Morgan fingerprint density at radius 1 is 0.556 bits per heavy atom. The highest BCUT2D eigenvalue weighted by atomic mass is 16.5. The topological polar surface area (TPSA) is 136 Å². The van der Waals surface area contributed by atoms with Crippen LogP contribution < -0.4 is 9.47 Å². The van der Waals surface area contributed by atoms with Crippen LogP contribution in [0.2, 0.25) is 0 Å². The predicted molar refractivity (Wildman–Crippen MR) is 205 cm³/mol. The molecule has 4 aromatic heterocycles. The van der Waals surface area contributed by atoms with Crippen molar-refractivity contribution < 1.29 is 19.1 Å². The highest BCUT2D eigenvalue weighted by Crippen LogP contribution is 2.31. The maximum atomic E-state index is 13.4. The van der Waals surface area contributed by atoms with Crippen molar-refractivity contribution in [2.45, 2.75) is 0 Å². The van der Waals surface area contributed by atoms with E-state index in [9.17, 15) is 20.1 Å². The fraction of sp³-hybridized carbons (Fsp3) is 0.0455. The summed E-state index contributed by atoms with van der Waals surface area (Å²) in [6, 6.07) is 40.2. The Morgan fingerprint density at radius 2 is 1.07 bits per heavy atom. The Hall–Kier alpha value is -7.82. The summed E-state index contributed by atoms with van der Waals surface area (Å²) in [6.45, 7) is 0. The monoisotopic (exact) mass is 706 g/mol. The average Bonchev–Trinajstić information content (AvgIpc) is 3.82. The van der Waals surface area contributed by atoms with Crippen LogP contribution in [0.4, 0.5) is 0 Å². The zero-order valence-electron chi connectivity index (χ0n) is 29.2. The molecule has 0 saturated carbocycles. The summed E-state index contributed by atoms with van der Waals surface area (Å²) >= 11 is 0. The van der Waals surface area contributed by atoms with Gasteiger partial charge in [0.05, 0.1) is 59.9 Å². The van der Waals surface area contributed by atoms with Gasteiger partial charge in [0.15, 0.2) is 0 Å².